The van der Waals surface area contributed by atoms with E-state index < -0.39 is 20.7 Å². The number of nitrogen functional groups attached to an aromatic ring is 1. The number of halogens is 1. The highest BCUT2D eigenvalue weighted by molar-refractivity contribution is 7.89. The fourth-order valence-corrected chi connectivity index (χ4v) is 4.16. The van der Waals surface area contributed by atoms with Crippen molar-refractivity contribution in [1.29, 1.82) is 0 Å². The minimum atomic E-state index is -3.90. The van der Waals surface area contributed by atoms with Gasteiger partial charge in [0.15, 0.2) is 0 Å². The molecule has 1 aliphatic rings. The quantitative estimate of drug-likeness (QED) is 0.843. The molecule has 3 N–H and O–H groups in total. The van der Waals surface area contributed by atoms with Crippen LogP contribution in [0.4, 0.5) is 10.1 Å². The molecule has 1 aromatic rings. The number of hydrogen-bond acceptors (Lipinski definition) is 3. The predicted molar refractivity (Wildman–Crippen MR) is 77.2 cm³/mol. The van der Waals surface area contributed by atoms with Gasteiger partial charge in [0.2, 0.25) is 10.0 Å². The van der Waals surface area contributed by atoms with Crippen molar-refractivity contribution in [3.63, 3.8) is 0 Å². The van der Waals surface area contributed by atoms with Gasteiger partial charge < -0.3 is 5.73 Å². The number of nitrogens with one attached hydrogen (secondary N) is 1. The molecule has 1 fully saturated rings. The van der Waals surface area contributed by atoms with E-state index in [0.717, 1.165) is 44.6 Å². The summed E-state index contributed by atoms with van der Waals surface area (Å²) < 4.78 is 41.0. The molecule has 0 saturated heterocycles. The lowest BCUT2D eigenvalue weighted by molar-refractivity contribution is 0.425. The molecule has 0 atom stereocenters. The Labute approximate surface area is 119 Å². The Hall–Kier alpha value is -1.14. The maximum atomic E-state index is 13.7. The lowest BCUT2D eigenvalue weighted by Crippen LogP contribution is -2.36. The van der Waals surface area contributed by atoms with Crippen molar-refractivity contribution in [1.82, 2.24) is 4.72 Å². The maximum Gasteiger partial charge on any atom is 0.245 e. The Morgan fingerprint density at radius 3 is 2.30 bits per heavy atom. The van der Waals surface area contributed by atoms with Crippen molar-refractivity contribution in [3.05, 3.63) is 24.0 Å². The van der Waals surface area contributed by atoms with E-state index >= 15 is 0 Å². The Balaban J connectivity index is 2.17. The monoisotopic (exact) mass is 300 g/mol. The molecule has 0 amide bonds. The number of nitrogens with two attached hydrogens (primary N) is 1. The number of anilines is 1. The molecule has 0 spiro atoms. The molecule has 0 unspecified atom stereocenters. The molecule has 1 aromatic carbocycles. The van der Waals surface area contributed by atoms with Gasteiger partial charge in [0.1, 0.15) is 10.7 Å². The Morgan fingerprint density at radius 2 is 1.70 bits per heavy atom. The van der Waals surface area contributed by atoms with Crippen LogP contribution in [0.15, 0.2) is 23.1 Å². The van der Waals surface area contributed by atoms with Crippen LogP contribution in [0.1, 0.15) is 44.9 Å². The van der Waals surface area contributed by atoms with Crippen molar-refractivity contribution in [2.45, 2.75) is 55.9 Å². The van der Waals surface area contributed by atoms with Gasteiger partial charge in [-0.25, -0.2) is 17.5 Å². The van der Waals surface area contributed by atoms with Gasteiger partial charge in [-0.2, -0.15) is 0 Å². The number of benzene rings is 1. The summed E-state index contributed by atoms with van der Waals surface area (Å²) in [5.41, 5.74) is 5.56. The molecule has 0 radical (unpaired) electrons. The van der Waals surface area contributed by atoms with E-state index in [1.165, 1.54) is 18.6 Å². The largest absolute Gasteiger partial charge is 0.398 e. The van der Waals surface area contributed by atoms with Crippen molar-refractivity contribution in [3.8, 4) is 0 Å². The molecular formula is C14H21FN2O2S. The summed E-state index contributed by atoms with van der Waals surface area (Å²) in [5, 5.41) is 0. The van der Waals surface area contributed by atoms with Gasteiger partial charge in [-0.05, 0) is 25.0 Å². The van der Waals surface area contributed by atoms with E-state index in [0.29, 0.717) is 0 Å². The number of rotatable bonds is 3. The smallest absolute Gasteiger partial charge is 0.245 e. The first kappa shape index (κ1) is 15.3. The van der Waals surface area contributed by atoms with Crippen LogP contribution in [0.3, 0.4) is 0 Å². The third-order valence-electron chi connectivity index (χ3n) is 3.69. The molecule has 0 aliphatic heterocycles. The summed E-state index contributed by atoms with van der Waals surface area (Å²) in [6.07, 6.45) is 7.06. The SMILES string of the molecule is Nc1cccc(F)c1S(=O)(=O)NC1CCCCCCC1. The molecular weight excluding hydrogens is 279 g/mol. The average molecular weight is 300 g/mol. The van der Waals surface area contributed by atoms with Crippen LogP contribution in [0.25, 0.3) is 0 Å². The highest BCUT2D eigenvalue weighted by Gasteiger charge is 2.25. The van der Waals surface area contributed by atoms with Crippen LogP contribution < -0.4 is 10.5 Å². The van der Waals surface area contributed by atoms with Crippen molar-refractivity contribution >= 4 is 15.7 Å². The Bertz CT molecular complexity index is 532. The average Bonchev–Trinajstić information content (AvgIpc) is 2.31. The molecule has 0 bridgehead atoms. The first-order valence-corrected chi connectivity index (χ1v) is 8.55. The zero-order valence-electron chi connectivity index (χ0n) is 11.4. The fraction of sp³-hybridized carbons (Fsp3) is 0.571. The van der Waals surface area contributed by atoms with Gasteiger partial charge in [0, 0.05) is 6.04 Å². The second kappa shape index (κ2) is 6.54. The van der Waals surface area contributed by atoms with E-state index in [-0.39, 0.29) is 11.7 Å². The first-order valence-electron chi connectivity index (χ1n) is 7.07. The highest BCUT2D eigenvalue weighted by Crippen LogP contribution is 2.24. The standard InChI is InChI=1S/C14H21FN2O2S/c15-12-9-6-10-13(16)14(12)20(18,19)17-11-7-4-2-1-3-5-8-11/h6,9-11,17H,1-5,7-8,16H2. The van der Waals surface area contributed by atoms with E-state index in [2.05, 4.69) is 4.72 Å². The lowest BCUT2D eigenvalue weighted by atomic mass is 9.97. The fourth-order valence-electron chi connectivity index (χ4n) is 2.66. The number of sulfonamides is 1. The summed E-state index contributed by atoms with van der Waals surface area (Å²) in [6.45, 7) is 0. The highest BCUT2D eigenvalue weighted by atomic mass is 32.2. The summed E-state index contributed by atoms with van der Waals surface area (Å²) >= 11 is 0. The minimum absolute atomic E-state index is 0.0525. The van der Waals surface area contributed by atoms with Gasteiger partial charge in [-0.15, -0.1) is 0 Å². The van der Waals surface area contributed by atoms with Crippen LogP contribution in [-0.4, -0.2) is 14.5 Å². The van der Waals surface area contributed by atoms with Crippen LogP contribution in [0.5, 0.6) is 0 Å². The van der Waals surface area contributed by atoms with Gasteiger partial charge in [-0.1, -0.05) is 38.2 Å². The number of hydrogen-bond donors (Lipinski definition) is 2. The Morgan fingerprint density at radius 1 is 1.10 bits per heavy atom. The first-order chi connectivity index (χ1) is 9.50. The summed E-state index contributed by atoms with van der Waals surface area (Å²) in [6, 6.07) is 3.79. The molecule has 6 heteroatoms. The topological polar surface area (TPSA) is 72.2 Å². The molecule has 1 saturated carbocycles. The minimum Gasteiger partial charge on any atom is -0.398 e. The van der Waals surface area contributed by atoms with E-state index in [1.807, 2.05) is 0 Å². The third-order valence-corrected chi connectivity index (χ3v) is 5.30. The molecule has 0 aromatic heterocycles. The zero-order chi connectivity index (χ0) is 14.6. The zero-order valence-corrected chi connectivity index (χ0v) is 12.3. The maximum absolute atomic E-state index is 13.7. The summed E-state index contributed by atoms with van der Waals surface area (Å²) in [5.74, 6) is -0.802. The van der Waals surface area contributed by atoms with Crippen LogP contribution in [0, 0.1) is 5.82 Å². The van der Waals surface area contributed by atoms with Crippen molar-refractivity contribution in [2.24, 2.45) is 0 Å². The van der Waals surface area contributed by atoms with Crippen molar-refractivity contribution < 1.29 is 12.8 Å². The Kier molecular flexibility index (Phi) is 4.99. The molecule has 1 aliphatic carbocycles. The second-order valence-corrected chi connectivity index (χ2v) is 6.97. The van der Waals surface area contributed by atoms with Gasteiger partial charge in [0.25, 0.3) is 0 Å². The van der Waals surface area contributed by atoms with Gasteiger partial charge in [-0.3, -0.25) is 0 Å². The van der Waals surface area contributed by atoms with E-state index in [1.54, 1.807) is 0 Å². The lowest BCUT2D eigenvalue weighted by Gasteiger charge is -2.21. The summed E-state index contributed by atoms with van der Waals surface area (Å²) in [4.78, 5) is -0.429. The van der Waals surface area contributed by atoms with Crippen LogP contribution >= 0.6 is 0 Å². The van der Waals surface area contributed by atoms with E-state index in [4.69, 9.17) is 5.73 Å². The van der Waals surface area contributed by atoms with Crippen LogP contribution in [0.2, 0.25) is 0 Å². The van der Waals surface area contributed by atoms with Crippen LogP contribution in [-0.2, 0) is 10.0 Å². The molecule has 20 heavy (non-hydrogen) atoms. The second-order valence-electron chi connectivity index (χ2n) is 5.32. The normalized spacial score (nSPS) is 18.4. The van der Waals surface area contributed by atoms with Gasteiger partial charge >= 0.3 is 0 Å². The molecule has 112 valence electrons. The third kappa shape index (κ3) is 3.70. The molecule has 2 rings (SSSR count). The molecule has 4 nitrogen and oxygen atoms in total. The molecule has 0 heterocycles. The van der Waals surface area contributed by atoms with Gasteiger partial charge in [0.05, 0.1) is 5.69 Å². The summed E-state index contributed by atoms with van der Waals surface area (Å²) in [7, 11) is -3.90. The predicted octanol–water partition coefficient (Wildman–Crippen LogP) is 2.80. The van der Waals surface area contributed by atoms with E-state index in [9.17, 15) is 12.8 Å². The van der Waals surface area contributed by atoms with Crippen molar-refractivity contribution in [2.75, 3.05) is 5.73 Å².